The molecule has 0 aromatic heterocycles. The van der Waals surface area contributed by atoms with E-state index >= 15 is 0 Å². The molecule has 2 aliphatic rings. The molecule has 16 heavy (non-hydrogen) atoms. The molecule has 0 spiro atoms. The van der Waals surface area contributed by atoms with E-state index < -0.39 is 5.60 Å². The molecule has 1 aliphatic carbocycles. The Labute approximate surface area is 98.8 Å². The Morgan fingerprint density at radius 2 is 2.06 bits per heavy atom. The SMILES string of the molecule is CCC1COC(C)CN1CC1(O)CCCC1. The Morgan fingerprint density at radius 3 is 2.69 bits per heavy atom. The van der Waals surface area contributed by atoms with E-state index in [-0.39, 0.29) is 0 Å². The van der Waals surface area contributed by atoms with Gasteiger partial charge in [0.15, 0.2) is 0 Å². The van der Waals surface area contributed by atoms with Gasteiger partial charge in [-0.05, 0) is 26.2 Å². The minimum atomic E-state index is -0.412. The van der Waals surface area contributed by atoms with Crippen LogP contribution in [0.2, 0.25) is 0 Å². The molecule has 3 heteroatoms. The molecule has 0 amide bonds. The zero-order chi connectivity index (χ0) is 11.6. The topological polar surface area (TPSA) is 32.7 Å². The van der Waals surface area contributed by atoms with Crippen LogP contribution in [0.1, 0.15) is 46.0 Å². The first-order valence-electron chi connectivity index (χ1n) is 6.71. The highest BCUT2D eigenvalue weighted by molar-refractivity contribution is 4.90. The fraction of sp³-hybridized carbons (Fsp3) is 1.00. The summed E-state index contributed by atoms with van der Waals surface area (Å²) in [6.45, 7) is 6.97. The van der Waals surface area contributed by atoms with E-state index in [2.05, 4.69) is 18.7 Å². The maximum atomic E-state index is 10.5. The lowest BCUT2D eigenvalue weighted by atomic mass is 9.99. The van der Waals surface area contributed by atoms with Crippen molar-refractivity contribution in [2.45, 2.75) is 63.7 Å². The molecule has 2 fully saturated rings. The molecule has 0 bridgehead atoms. The van der Waals surface area contributed by atoms with Crippen molar-refractivity contribution in [2.75, 3.05) is 19.7 Å². The Kier molecular flexibility index (Phi) is 3.88. The highest BCUT2D eigenvalue weighted by Gasteiger charge is 2.36. The molecule has 94 valence electrons. The van der Waals surface area contributed by atoms with E-state index in [1.165, 1.54) is 12.8 Å². The fourth-order valence-electron chi connectivity index (χ4n) is 3.05. The molecule has 1 aliphatic heterocycles. The van der Waals surface area contributed by atoms with Gasteiger partial charge >= 0.3 is 0 Å². The van der Waals surface area contributed by atoms with E-state index in [9.17, 15) is 5.11 Å². The number of hydrogen-bond donors (Lipinski definition) is 1. The second-order valence-electron chi connectivity index (χ2n) is 5.57. The first kappa shape index (κ1) is 12.3. The molecule has 1 heterocycles. The van der Waals surface area contributed by atoms with Gasteiger partial charge in [0.1, 0.15) is 0 Å². The predicted octanol–water partition coefficient (Wildman–Crippen LogP) is 1.79. The molecule has 0 aromatic rings. The number of aliphatic hydroxyl groups is 1. The van der Waals surface area contributed by atoms with Crippen LogP contribution in [-0.4, -0.2) is 47.4 Å². The van der Waals surface area contributed by atoms with Crippen LogP contribution >= 0.6 is 0 Å². The summed E-state index contributed by atoms with van der Waals surface area (Å²) in [6, 6.07) is 0.501. The summed E-state index contributed by atoms with van der Waals surface area (Å²) in [5, 5.41) is 10.5. The van der Waals surface area contributed by atoms with Gasteiger partial charge in [0.25, 0.3) is 0 Å². The number of β-amino-alcohol motifs (C(OH)–C–C–N with tert-alkyl or cyclic N) is 1. The van der Waals surface area contributed by atoms with Crippen molar-refractivity contribution in [3.05, 3.63) is 0 Å². The molecular weight excluding hydrogens is 202 g/mol. The first-order chi connectivity index (χ1) is 7.63. The molecule has 2 unspecified atom stereocenters. The monoisotopic (exact) mass is 227 g/mol. The molecule has 1 saturated carbocycles. The standard InChI is InChI=1S/C13H25NO2/c1-3-12-9-16-11(2)8-14(12)10-13(15)6-4-5-7-13/h11-12,15H,3-10H2,1-2H3. The van der Waals surface area contributed by atoms with Gasteiger partial charge in [-0.3, -0.25) is 4.90 Å². The third-order valence-electron chi connectivity index (χ3n) is 4.08. The van der Waals surface area contributed by atoms with Gasteiger partial charge in [-0.1, -0.05) is 19.8 Å². The van der Waals surface area contributed by atoms with Crippen molar-refractivity contribution in [3.63, 3.8) is 0 Å². The zero-order valence-electron chi connectivity index (χ0n) is 10.6. The summed E-state index contributed by atoms with van der Waals surface area (Å²) in [7, 11) is 0. The minimum Gasteiger partial charge on any atom is -0.389 e. The molecule has 1 N–H and O–H groups in total. The molecule has 2 atom stereocenters. The van der Waals surface area contributed by atoms with Crippen molar-refractivity contribution in [2.24, 2.45) is 0 Å². The van der Waals surface area contributed by atoms with Gasteiger partial charge < -0.3 is 9.84 Å². The second kappa shape index (κ2) is 5.03. The minimum absolute atomic E-state index is 0.313. The lowest BCUT2D eigenvalue weighted by molar-refractivity contribution is -0.0870. The lowest BCUT2D eigenvalue weighted by Crippen LogP contribution is -2.53. The highest BCUT2D eigenvalue weighted by Crippen LogP contribution is 2.31. The Hall–Kier alpha value is -0.120. The van der Waals surface area contributed by atoms with E-state index in [1.807, 2.05) is 0 Å². The smallest absolute Gasteiger partial charge is 0.0774 e. The summed E-state index contributed by atoms with van der Waals surface area (Å²) in [5.74, 6) is 0. The van der Waals surface area contributed by atoms with Gasteiger partial charge in [0, 0.05) is 19.1 Å². The van der Waals surface area contributed by atoms with Gasteiger partial charge in [-0.25, -0.2) is 0 Å². The summed E-state index contributed by atoms with van der Waals surface area (Å²) in [4.78, 5) is 2.44. The third kappa shape index (κ3) is 2.76. The fourth-order valence-corrected chi connectivity index (χ4v) is 3.05. The molecular formula is C13H25NO2. The summed E-state index contributed by atoms with van der Waals surface area (Å²) < 4.78 is 5.69. The van der Waals surface area contributed by atoms with Crippen LogP contribution in [0.3, 0.4) is 0 Å². The lowest BCUT2D eigenvalue weighted by Gasteiger charge is -2.41. The average Bonchev–Trinajstić information content (AvgIpc) is 2.65. The van der Waals surface area contributed by atoms with Gasteiger partial charge in [0.2, 0.25) is 0 Å². The van der Waals surface area contributed by atoms with Crippen LogP contribution < -0.4 is 0 Å². The zero-order valence-corrected chi connectivity index (χ0v) is 10.6. The largest absolute Gasteiger partial charge is 0.389 e. The second-order valence-corrected chi connectivity index (χ2v) is 5.57. The van der Waals surface area contributed by atoms with Crippen molar-refractivity contribution in [1.29, 1.82) is 0 Å². The number of morpholine rings is 1. The van der Waals surface area contributed by atoms with Crippen LogP contribution in [0.15, 0.2) is 0 Å². The van der Waals surface area contributed by atoms with Crippen LogP contribution in [0.4, 0.5) is 0 Å². The van der Waals surface area contributed by atoms with Crippen LogP contribution in [-0.2, 0) is 4.74 Å². The molecule has 0 radical (unpaired) electrons. The Morgan fingerprint density at radius 1 is 1.38 bits per heavy atom. The molecule has 0 aromatic carbocycles. The maximum Gasteiger partial charge on any atom is 0.0774 e. The van der Waals surface area contributed by atoms with E-state index in [4.69, 9.17) is 4.74 Å². The molecule has 1 saturated heterocycles. The Bertz CT molecular complexity index is 226. The van der Waals surface area contributed by atoms with Crippen molar-refractivity contribution < 1.29 is 9.84 Å². The first-order valence-corrected chi connectivity index (χ1v) is 6.71. The molecule has 2 rings (SSSR count). The van der Waals surface area contributed by atoms with E-state index in [1.54, 1.807) is 0 Å². The molecule has 3 nitrogen and oxygen atoms in total. The maximum absolute atomic E-state index is 10.5. The van der Waals surface area contributed by atoms with E-state index in [0.717, 1.165) is 39.0 Å². The normalized spacial score (nSPS) is 35.4. The van der Waals surface area contributed by atoms with Crippen molar-refractivity contribution in [3.8, 4) is 0 Å². The predicted molar refractivity (Wildman–Crippen MR) is 64.5 cm³/mol. The quantitative estimate of drug-likeness (QED) is 0.798. The van der Waals surface area contributed by atoms with Gasteiger partial charge in [-0.15, -0.1) is 0 Å². The van der Waals surface area contributed by atoms with Crippen LogP contribution in [0, 0.1) is 0 Å². The third-order valence-corrected chi connectivity index (χ3v) is 4.08. The summed E-state index contributed by atoms with van der Waals surface area (Å²) in [5.41, 5.74) is -0.412. The number of hydrogen-bond acceptors (Lipinski definition) is 3. The number of rotatable bonds is 3. The Balaban J connectivity index is 1.94. The summed E-state index contributed by atoms with van der Waals surface area (Å²) >= 11 is 0. The van der Waals surface area contributed by atoms with Crippen molar-refractivity contribution >= 4 is 0 Å². The summed E-state index contributed by atoms with van der Waals surface area (Å²) in [6.07, 6.45) is 5.76. The van der Waals surface area contributed by atoms with Crippen molar-refractivity contribution in [1.82, 2.24) is 4.90 Å². The number of ether oxygens (including phenoxy) is 1. The van der Waals surface area contributed by atoms with Gasteiger partial charge in [-0.2, -0.15) is 0 Å². The number of nitrogens with zero attached hydrogens (tertiary/aromatic N) is 1. The average molecular weight is 227 g/mol. The van der Waals surface area contributed by atoms with Gasteiger partial charge in [0.05, 0.1) is 18.3 Å². The van der Waals surface area contributed by atoms with Crippen LogP contribution in [0.5, 0.6) is 0 Å². The highest BCUT2D eigenvalue weighted by atomic mass is 16.5. The van der Waals surface area contributed by atoms with Crippen LogP contribution in [0.25, 0.3) is 0 Å². The van der Waals surface area contributed by atoms with E-state index in [0.29, 0.717) is 12.1 Å².